The summed E-state index contributed by atoms with van der Waals surface area (Å²) in [5.74, 6) is 1.02. The van der Waals surface area contributed by atoms with E-state index in [1.165, 1.54) is 0 Å². The predicted molar refractivity (Wildman–Crippen MR) is 38.0 cm³/mol. The van der Waals surface area contributed by atoms with Gasteiger partial charge in [0.25, 0.3) is 0 Å². The quantitative estimate of drug-likeness (QED) is 0.552. The van der Waals surface area contributed by atoms with E-state index in [9.17, 15) is 0 Å². The maximum atomic E-state index is 4.01. The van der Waals surface area contributed by atoms with Gasteiger partial charge in [0, 0.05) is 10.7 Å². The molecule has 0 unspecified atom stereocenters. The van der Waals surface area contributed by atoms with E-state index < -0.39 is 0 Å². The Morgan fingerprint density at radius 3 is 3.14 bits per heavy atom. The summed E-state index contributed by atoms with van der Waals surface area (Å²) in [5.41, 5.74) is 2.97. The number of hydrogen-bond donors (Lipinski definition) is 0. The second-order valence-electron chi connectivity index (χ2n) is 1.15. The molecule has 1 aliphatic rings. The largest absolute Gasteiger partial charge is 0.253 e. The zero-order chi connectivity index (χ0) is 5.11. The van der Waals surface area contributed by atoms with Crippen molar-refractivity contribution >= 4 is 33.2 Å². The van der Waals surface area contributed by atoms with Crippen molar-refractivity contribution in [3.8, 4) is 0 Å². The molecule has 0 spiro atoms. The lowest BCUT2D eigenvalue weighted by Crippen LogP contribution is -1.68. The molecule has 7 heavy (non-hydrogen) atoms. The van der Waals surface area contributed by atoms with Gasteiger partial charge in [-0.25, -0.2) is 0 Å². The number of thioether (sulfide) groups is 1. The Morgan fingerprint density at radius 1 is 2.00 bits per heavy atom. The Balaban J connectivity index is 2.59. The van der Waals surface area contributed by atoms with Gasteiger partial charge >= 0.3 is 0 Å². The SMILES string of the molecule is BrC=C1CSC=N1. The van der Waals surface area contributed by atoms with Crippen LogP contribution in [0.3, 0.4) is 0 Å². The molecule has 0 aromatic carbocycles. The molecule has 1 aliphatic heterocycles. The van der Waals surface area contributed by atoms with Crippen LogP contribution in [-0.4, -0.2) is 11.3 Å². The number of rotatable bonds is 0. The predicted octanol–water partition coefficient (Wildman–Crippen LogP) is 2.00. The highest BCUT2D eigenvalue weighted by atomic mass is 79.9. The normalized spacial score (nSPS) is 24.4. The molecule has 0 radical (unpaired) electrons. The lowest BCUT2D eigenvalue weighted by molar-refractivity contribution is 1.38. The Morgan fingerprint density at radius 2 is 2.86 bits per heavy atom. The third kappa shape index (κ3) is 1.31. The molecule has 38 valence electrons. The van der Waals surface area contributed by atoms with E-state index in [-0.39, 0.29) is 0 Å². The summed E-state index contributed by atoms with van der Waals surface area (Å²) in [5, 5.41) is 0. The fraction of sp³-hybridized carbons (Fsp3) is 0.250. The van der Waals surface area contributed by atoms with E-state index in [1.807, 2.05) is 10.5 Å². The Kier molecular flexibility index (Phi) is 1.94. The van der Waals surface area contributed by atoms with Gasteiger partial charge in [-0.05, 0) is 0 Å². The summed E-state index contributed by atoms with van der Waals surface area (Å²) in [6, 6.07) is 0. The van der Waals surface area contributed by atoms with E-state index >= 15 is 0 Å². The highest BCUT2D eigenvalue weighted by Crippen LogP contribution is 2.15. The molecular formula is C4H4BrNS. The van der Waals surface area contributed by atoms with E-state index in [0.29, 0.717) is 0 Å². The average molecular weight is 178 g/mol. The summed E-state index contributed by atoms with van der Waals surface area (Å²) in [6.07, 6.45) is 0. The first-order valence-corrected chi connectivity index (χ1v) is 3.83. The molecule has 0 aromatic rings. The fourth-order valence-corrected chi connectivity index (χ4v) is 1.43. The molecule has 1 heterocycles. The second kappa shape index (κ2) is 2.52. The fourth-order valence-electron chi connectivity index (χ4n) is 0.325. The van der Waals surface area contributed by atoms with Crippen molar-refractivity contribution < 1.29 is 0 Å². The van der Waals surface area contributed by atoms with Crippen LogP contribution in [0.1, 0.15) is 0 Å². The minimum absolute atomic E-state index is 1.02. The second-order valence-corrected chi connectivity index (χ2v) is 2.44. The van der Waals surface area contributed by atoms with Crippen molar-refractivity contribution in [1.29, 1.82) is 0 Å². The first-order chi connectivity index (χ1) is 3.43. The lowest BCUT2D eigenvalue weighted by Gasteiger charge is -1.80. The monoisotopic (exact) mass is 177 g/mol. The molecule has 0 bridgehead atoms. The summed E-state index contributed by atoms with van der Waals surface area (Å²) < 4.78 is 0. The maximum absolute atomic E-state index is 4.01. The van der Waals surface area contributed by atoms with Crippen LogP contribution in [0.15, 0.2) is 15.7 Å². The van der Waals surface area contributed by atoms with Crippen LogP contribution < -0.4 is 0 Å². The van der Waals surface area contributed by atoms with E-state index in [4.69, 9.17) is 0 Å². The van der Waals surface area contributed by atoms with Crippen molar-refractivity contribution in [2.45, 2.75) is 0 Å². The molecule has 0 amide bonds. The summed E-state index contributed by atoms with van der Waals surface area (Å²) in [7, 11) is 0. The zero-order valence-corrected chi connectivity index (χ0v) is 6.00. The highest BCUT2D eigenvalue weighted by Gasteiger charge is 1.97. The number of halogens is 1. The Hall–Kier alpha value is 0.240. The molecule has 0 atom stereocenters. The molecule has 1 rings (SSSR count). The molecule has 0 saturated carbocycles. The van der Waals surface area contributed by atoms with E-state index in [2.05, 4.69) is 20.9 Å². The van der Waals surface area contributed by atoms with Crippen molar-refractivity contribution in [2.24, 2.45) is 4.99 Å². The van der Waals surface area contributed by atoms with Crippen LogP contribution in [0.4, 0.5) is 0 Å². The van der Waals surface area contributed by atoms with Crippen molar-refractivity contribution in [3.05, 3.63) is 10.7 Å². The Labute approximate surface area is 55.0 Å². The van der Waals surface area contributed by atoms with Crippen LogP contribution in [0.5, 0.6) is 0 Å². The van der Waals surface area contributed by atoms with Crippen LogP contribution in [0, 0.1) is 0 Å². The first-order valence-electron chi connectivity index (χ1n) is 1.87. The molecule has 0 saturated heterocycles. The first kappa shape index (κ1) is 5.38. The molecule has 0 fully saturated rings. The van der Waals surface area contributed by atoms with Crippen LogP contribution >= 0.6 is 27.7 Å². The third-order valence-electron chi connectivity index (χ3n) is 0.650. The summed E-state index contributed by atoms with van der Waals surface area (Å²) in [6.45, 7) is 0. The Bertz CT molecular complexity index is 116. The van der Waals surface area contributed by atoms with Gasteiger partial charge in [-0.1, -0.05) is 15.9 Å². The smallest absolute Gasteiger partial charge is 0.0604 e. The summed E-state index contributed by atoms with van der Waals surface area (Å²) in [4.78, 5) is 5.86. The minimum Gasteiger partial charge on any atom is -0.253 e. The van der Waals surface area contributed by atoms with Gasteiger partial charge in [-0.3, -0.25) is 4.99 Å². The number of hydrogen-bond acceptors (Lipinski definition) is 2. The van der Waals surface area contributed by atoms with Gasteiger partial charge < -0.3 is 0 Å². The van der Waals surface area contributed by atoms with Crippen molar-refractivity contribution in [3.63, 3.8) is 0 Å². The molecule has 0 aliphatic carbocycles. The van der Waals surface area contributed by atoms with Gasteiger partial charge in [0.2, 0.25) is 0 Å². The van der Waals surface area contributed by atoms with Crippen LogP contribution in [-0.2, 0) is 0 Å². The van der Waals surface area contributed by atoms with Gasteiger partial charge in [0.1, 0.15) is 0 Å². The van der Waals surface area contributed by atoms with E-state index in [0.717, 1.165) is 11.4 Å². The molecule has 0 N–H and O–H groups in total. The number of nitrogens with zero attached hydrogens (tertiary/aromatic N) is 1. The molecular weight excluding hydrogens is 174 g/mol. The average Bonchev–Trinajstić information content (AvgIpc) is 2.14. The van der Waals surface area contributed by atoms with Gasteiger partial charge in [0.05, 0.1) is 11.2 Å². The van der Waals surface area contributed by atoms with E-state index in [1.54, 1.807) is 11.8 Å². The highest BCUT2D eigenvalue weighted by molar-refractivity contribution is 9.11. The zero-order valence-electron chi connectivity index (χ0n) is 3.60. The third-order valence-corrected chi connectivity index (χ3v) is 1.90. The van der Waals surface area contributed by atoms with Crippen LogP contribution in [0.2, 0.25) is 0 Å². The topological polar surface area (TPSA) is 12.4 Å². The molecule has 1 nitrogen and oxygen atoms in total. The summed E-state index contributed by atoms with van der Waals surface area (Å²) >= 11 is 4.90. The lowest BCUT2D eigenvalue weighted by atomic mass is 10.6. The van der Waals surface area contributed by atoms with Gasteiger partial charge in [-0.2, -0.15) is 0 Å². The maximum Gasteiger partial charge on any atom is 0.0604 e. The standard InChI is InChI=1S/C4H4BrNS/c5-1-4-2-7-3-6-4/h1,3H,2H2. The molecule has 3 heteroatoms. The van der Waals surface area contributed by atoms with Crippen molar-refractivity contribution in [1.82, 2.24) is 0 Å². The van der Waals surface area contributed by atoms with Gasteiger partial charge in [-0.15, -0.1) is 11.8 Å². The van der Waals surface area contributed by atoms with Gasteiger partial charge in [0.15, 0.2) is 0 Å². The van der Waals surface area contributed by atoms with Crippen molar-refractivity contribution in [2.75, 3.05) is 5.75 Å². The minimum atomic E-state index is 1.02. The molecule has 0 aromatic heterocycles. The number of aliphatic imine (C=N–C) groups is 1. The van der Waals surface area contributed by atoms with Crippen LogP contribution in [0.25, 0.3) is 0 Å².